The van der Waals surface area contributed by atoms with Crippen molar-refractivity contribution in [2.75, 3.05) is 14.1 Å². The SMILES string of the molecule is CN(C)C(=O)Cn1cc(C(=O)Cn2cnc3cc(Cl)ccc32)c2ccc(Oc3cccnc3)cc21. The molecule has 0 saturated carbocycles. The molecule has 176 valence electrons. The van der Waals surface area contributed by atoms with Gasteiger partial charge in [0, 0.05) is 48.5 Å². The minimum atomic E-state index is -0.0961. The van der Waals surface area contributed by atoms with Gasteiger partial charge in [-0.25, -0.2) is 4.98 Å². The van der Waals surface area contributed by atoms with E-state index < -0.39 is 0 Å². The van der Waals surface area contributed by atoms with E-state index in [1.165, 1.54) is 4.90 Å². The lowest BCUT2D eigenvalue weighted by Crippen LogP contribution is -2.26. The van der Waals surface area contributed by atoms with Gasteiger partial charge in [-0.2, -0.15) is 0 Å². The van der Waals surface area contributed by atoms with Crippen LogP contribution in [0.2, 0.25) is 5.02 Å². The molecular weight excluding hydrogens is 466 g/mol. The van der Waals surface area contributed by atoms with Crippen molar-refractivity contribution < 1.29 is 14.3 Å². The number of carbonyl (C=O) groups excluding carboxylic acids is 2. The van der Waals surface area contributed by atoms with E-state index in [1.54, 1.807) is 72.4 Å². The average molecular weight is 488 g/mol. The zero-order valence-electron chi connectivity index (χ0n) is 19.2. The Bertz CT molecular complexity index is 1560. The maximum Gasteiger partial charge on any atom is 0.241 e. The predicted molar refractivity (Wildman–Crippen MR) is 134 cm³/mol. The largest absolute Gasteiger partial charge is 0.456 e. The van der Waals surface area contributed by atoms with Crippen LogP contribution in [0.25, 0.3) is 21.9 Å². The maximum absolute atomic E-state index is 13.4. The van der Waals surface area contributed by atoms with Gasteiger partial charge in [0.25, 0.3) is 0 Å². The molecule has 0 N–H and O–H groups in total. The van der Waals surface area contributed by atoms with E-state index in [0.717, 1.165) is 21.9 Å². The fraction of sp³-hybridized carbons (Fsp3) is 0.154. The third kappa shape index (κ3) is 4.61. The third-order valence-electron chi connectivity index (χ3n) is 5.73. The normalized spacial score (nSPS) is 11.2. The molecule has 3 aromatic heterocycles. The van der Waals surface area contributed by atoms with Gasteiger partial charge in [-0.15, -0.1) is 0 Å². The van der Waals surface area contributed by atoms with Crippen molar-refractivity contribution in [3.8, 4) is 11.5 Å². The van der Waals surface area contributed by atoms with Gasteiger partial charge < -0.3 is 18.8 Å². The summed E-state index contributed by atoms with van der Waals surface area (Å²) in [6.07, 6.45) is 6.66. The smallest absolute Gasteiger partial charge is 0.241 e. The number of aromatic nitrogens is 4. The van der Waals surface area contributed by atoms with E-state index in [2.05, 4.69) is 9.97 Å². The summed E-state index contributed by atoms with van der Waals surface area (Å²) < 4.78 is 9.51. The molecule has 0 aliphatic heterocycles. The molecule has 0 aliphatic rings. The molecule has 0 aliphatic carbocycles. The molecule has 0 saturated heterocycles. The Morgan fingerprint density at radius 1 is 1.00 bits per heavy atom. The van der Waals surface area contributed by atoms with Crippen LogP contribution in [0, 0.1) is 0 Å². The minimum Gasteiger partial charge on any atom is -0.456 e. The molecule has 5 aromatic rings. The highest BCUT2D eigenvalue weighted by molar-refractivity contribution is 6.31. The van der Waals surface area contributed by atoms with Crippen molar-refractivity contribution in [3.05, 3.63) is 84.0 Å². The summed E-state index contributed by atoms with van der Waals surface area (Å²) in [5, 5.41) is 1.33. The van der Waals surface area contributed by atoms with Crippen LogP contribution in [-0.4, -0.2) is 49.8 Å². The Hall–Kier alpha value is -4.17. The second-order valence-electron chi connectivity index (χ2n) is 8.36. The van der Waals surface area contributed by atoms with Crippen LogP contribution < -0.4 is 4.74 Å². The molecule has 0 bridgehead atoms. The fourth-order valence-corrected chi connectivity index (χ4v) is 4.09. The van der Waals surface area contributed by atoms with Gasteiger partial charge >= 0.3 is 0 Å². The topological polar surface area (TPSA) is 82.2 Å². The summed E-state index contributed by atoms with van der Waals surface area (Å²) in [6.45, 7) is 0.201. The lowest BCUT2D eigenvalue weighted by Gasteiger charge is -2.12. The number of hydrogen-bond donors (Lipinski definition) is 0. The number of hydrogen-bond acceptors (Lipinski definition) is 5. The Balaban J connectivity index is 1.52. The van der Waals surface area contributed by atoms with Crippen molar-refractivity contribution in [2.24, 2.45) is 0 Å². The number of fused-ring (bicyclic) bond motifs is 2. The first-order chi connectivity index (χ1) is 16.9. The van der Waals surface area contributed by atoms with E-state index in [4.69, 9.17) is 16.3 Å². The number of halogens is 1. The number of benzene rings is 2. The molecule has 0 fully saturated rings. The van der Waals surface area contributed by atoms with Gasteiger partial charge in [-0.1, -0.05) is 11.6 Å². The first kappa shape index (κ1) is 22.6. The summed E-state index contributed by atoms with van der Waals surface area (Å²) in [5.74, 6) is 0.995. The summed E-state index contributed by atoms with van der Waals surface area (Å²) in [6, 6.07) is 14.5. The molecule has 9 heteroatoms. The fourth-order valence-electron chi connectivity index (χ4n) is 3.92. The summed E-state index contributed by atoms with van der Waals surface area (Å²) in [5.41, 5.74) is 2.80. The van der Waals surface area contributed by atoms with Gasteiger partial charge in [0.2, 0.25) is 5.91 Å². The van der Waals surface area contributed by atoms with Gasteiger partial charge in [0.05, 0.1) is 35.6 Å². The standard InChI is InChI=1S/C26H22ClN5O3/c1-30(2)26(34)15-31-13-21(25(33)14-32-16-29-22-10-17(27)5-8-23(22)32)20-7-6-18(11-24(20)31)35-19-4-3-9-28-12-19/h3-13,16H,14-15H2,1-2H3. The third-order valence-corrected chi connectivity index (χ3v) is 5.96. The Kier molecular flexibility index (Phi) is 5.96. The van der Waals surface area contributed by atoms with Crippen molar-refractivity contribution in [3.63, 3.8) is 0 Å². The number of ketones is 1. The van der Waals surface area contributed by atoms with Crippen LogP contribution in [0.1, 0.15) is 10.4 Å². The molecule has 35 heavy (non-hydrogen) atoms. The average Bonchev–Trinajstić information content (AvgIpc) is 3.40. The van der Waals surface area contributed by atoms with Crippen LogP contribution in [-0.2, 0) is 17.9 Å². The van der Waals surface area contributed by atoms with Crippen molar-refractivity contribution in [2.45, 2.75) is 13.1 Å². The van der Waals surface area contributed by atoms with E-state index in [9.17, 15) is 9.59 Å². The number of nitrogens with zero attached hydrogens (tertiary/aromatic N) is 5. The zero-order chi connectivity index (χ0) is 24.5. The molecule has 0 atom stereocenters. The van der Waals surface area contributed by atoms with Crippen molar-refractivity contribution in [1.29, 1.82) is 0 Å². The maximum atomic E-state index is 13.4. The first-order valence-electron chi connectivity index (χ1n) is 10.9. The molecule has 3 heterocycles. The Morgan fingerprint density at radius 2 is 1.86 bits per heavy atom. The molecule has 8 nitrogen and oxygen atoms in total. The molecule has 0 unspecified atom stereocenters. The van der Waals surface area contributed by atoms with E-state index in [-0.39, 0.29) is 24.8 Å². The van der Waals surface area contributed by atoms with E-state index >= 15 is 0 Å². The van der Waals surface area contributed by atoms with Crippen LogP contribution in [0.3, 0.4) is 0 Å². The Labute approximate surface area is 206 Å². The number of likely N-dealkylation sites (N-methyl/N-ethyl adjacent to an activating group) is 1. The summed E-state index contributed by atoms with van der Waals surface area (Å²) in [4.78, 5) is 35.9. The highest BCUT2D eigenvalue weighted by Crippen LogP contribution is 2.29. The van der Waals surface area contributed by atoms with Crippen molar-refractivity contribution in [1.82, 2.24) is 24.0 Å². The lowest BCUT2D eigenvalue weighted by molar-refractivity contribution is -0.129. The van der Waals surface area contributed by atoms with Crippen LogP contribution in [0.4, 0.5) is 0 Å². The number of carbonyl (C=O) groups is 2. The predicted octanol–water partition coefficient (Wildman–Crippen LogP) is 4.80. The summed E-state index contributed by atoms with van der Waals surface area (Å²) >= 11 is 6.06. The highest BCUT2D eigenvalue weighted by Gasteiger charge is 2.19. The number of rotatable bonds is 7. The number of amides is 1. The second kappa shape index (κ2) is 9.23. The summed E-state index contributed by atoms with van der Waals surface area (Å²) in [7, 11) is 3.40. The van der Waals surface area contributed by atoms with Gasteiger partial charge in [0.1, 0.15) is 18.0 Å². The van der Waals surface area contributed by atoms with E-state index in [0.29, 0.717) is 22.1 Å². The number of Topliss-reactive ketones (excluding diaryl/α,β-unsaturated/α-hetero) is 1. The zero-order valence-corrected chi connectivity index (χ0v) is 19.9. The quantitative estimate of drug-likeness (QED) is 0.308. The van der Waals surface area contributed by atoms with Crippen molar-refractivity contribution >= 4 is 45.2 Å². The lowest BCUT2D eigenvalue weighted by atomic mass is 10.1. The van der Waals surface area contributed by atoms with E-state index in [1.807, 2.05) is 24.3 Å². The van der Waals surface area contributed by atoms with Gasteiger partial charge in [-0.05, 0) is 42.5 Å². The minimum absolute atomic E-state index is 0.0861. The number of ether oxygens (including phenoxy) is 1. The highest BCUT2D eigenvalue weighted by atomic mass is 35.5. The monoisotopic (exact) mass is 487 g/mol. The van der Waals surface area contributed by atoms with Crippen LogP contribution >= 0.6 is 11.6 Å². The van der Waals surface area contributed by atoms with Gasteiger partial charge in [0.15, 0.2) is 5.78 Å². The number of pyridine rings is 1. The molecule has 0 spiro atoms. The second-order valence-corrected chi connectivity index (χ2v) is 8.79. The van der Waals surface area contributed by atoms with Crippen LogP contribution in [0.15, 0.2) is 73.4 Å². The molecule has 0 radical (unpaired) electrons. The molecule has 1 amide bonds. The first-order valence-corrected chi connectivity index (χ1v) is 11.3. The van der Waals surface area contributed by atoms with Crippen LogP contribution in [0.5, 0.6) is 11.5 Å². The molecule has 2 aromatic carbocycles. The number of imidazole rings is 1. The molecular formula is C26H22ClN5O3. The Morgan fingerprint density at radius 3 is 2.63 bits per heavy atom. The van der Waals surface area contributed by atoms with Gasteiger partial charge in [-0.3, -0.25) is 14.6 Å². The molecule has 5 rings (SSSR count).